The number of benzene rings is 2. The maximum absolute atomic E-state index is 12.9. The van der Waals surface area contributed by atoms with Crippen LogP contribution >= 0.6 is 0 Å². The molecule has 1 atom stereocenters. The zero-order valence-electron chi connectivity index (χ0n) is 18.2. The minimum atomic E-state index is -0.695. The zero-order valence-corrected chi connectivity index (χ0v) is 18.2. The van der Waals surface area contributed by atoms with E-state index in [0.717, 1.165) is 22.5 Å². The molecule has 2 aromatic carbocycles. The van der Waals surface area contributed by atoms with Crippen LogP contribution < -0.4 is 10.1 Å². The number of hydrogen-bond acceptors (Lipinski definition) is 5. The van der Waals surface area contributed by atoms with Gasteiger partial charge in [0.2, 0.25) is 6.10 Å². The fraction of sp³-hybridized carbons (Fsp3) is 0.292. The third-order valence-corrected chi connectivity index (χ3v) is 5.46. The first-order valence-electron chi connectivity index (χ1n) is 10.2. The Kier molecular flexibility index (Phi) is 5.75. The summed E-state index contributed by atoms with van der Waals surface area (Å²) < 4.78 is 7.30. The average molecular weight is 418 g/mol. The predicted octanol–water partition coefficient (Wildman–Crippen LogP) is 4.00. The van der Waals surface area contributed by atoms with Gasteiger partial charge in [-0.2, -0.15) is 5.10 Å². The number of oxime groups is 1. The molecule has 4 rings (SSSR count). The maximum Gasteiger partial charge on any atom is 0.268 e. The number of nitrogens with zero attached hydrogens (tertiary/aromatic N) is 3. The first kappa shape index (κ1) is 20.7. The molecule has 2 heterocycles. The Bertz CT molecular complexity index is 1130. The second-order valence-electron chi connectivity index (χ2n) is 7.71. The van der Waals surface area contributed by atoms with E-state index in [9.17, 15) is 4.79 Å². The number of amides is 1. The lowest BCUT2D eigenvalue weighted by atomic mass is 10.0. The van der Waals surface area contributed by atoms with Gasteiger partial charge in [-0.1, -0.05) is 47.1 Å². The number of carbonyl (C=O) groups excluding carboxylic acids is 1. The Morgan fingerprint density at radius 3 is 2.65 bits per heavy atom. The lowest BCUT2D eigenvalue weighted by Gasteiger charge is -2.11. The molecule has 1 aliphatic heterocycles. The molecule has 160 valence electrons. The van der Waals surface area contributed by atoms with Crippen LogP contribution in [0.25, 0.3) is 0 Å². The summed E-state index contributed by atoms with van der Waals surface area (Å²) in [5.41, 5.74) is 6.28. The van der Waals surface area contributed by atoms with Crippen LogP contribution in [0.15, 0.2) is 53.7 Å². The van der Waals surface area contributed by atoms with Crippen molar-refractivity contribution in [3.63, 3.8) is 0 Å². The molecule has 0 bridgehead atoms. The quantitative estimate of drug-likeness (QED) is 0.656. The fourth-order valence-corrected chi connectivity index (χ4v) is 3.66. The highest BCUT2D eigenvalue weighted by atomic mass is 16.6. The van der Waals surface area contributed by atoms with Crippen LogP contribution in [0.4, 0.5) is 5.69 Å². The molecular formula is C24H26N4O3. The molecule has 0 fully saturated rings. The van der Waals surface area contributed by atoms with Crippen LogP contribution in [0, 0.1) is 20.8 Å². The van der Waals surface area contributed by atoms with Crippen molar-refractivity contribution in [1.82, 2.24) is 9.78 Å². The summed E-state index contributed by atoms with van der Waals surface area (Å²) in [6.45, 7) is 6.55. The molecule has 1 aliphatic rings. The van der Waals surface area contributed by atoms with Gasteiger partial charge in [0.25, 0.3) is 5.91 Å². The normalized spacial score (nSPS) is 15.4. The molecule has 31 heavy (non-hydrogen) atoms. The molecule has 7 heteroatoms. The number of methoxy groups -OCH3 is 1. The molecule has 7 nitrogen and oxygen atoms in total. The second-order valence-corrected chi connectivity index (χ2v) is 7.71. The van der Waals surface area contributed by atoms with Gasteiger partial charge in [-0.25, -0.2) is 0 Å². The van der Waals surface area contributed by atoms with Crippen molar-refractivity contribution in [2.75, 3.05) is 12.4 Å². The molecule has 0 aliphatic carbocycles. The summed E-state index contributed by atoms with van der Waals surface area (Å²) in [7, 11) is 1.61. The van der Waals surface area contributed by atoms with Crippen LogP contribution in [0.2, 0.25) is 0 Å². The van der Waals surface area contributed by atoms with Crippen molar-refractivity contribution in [3.05, 3.63) is 76.6 Å². The summed E-state index contributed by atoms with van der Waals surface area (Å²) >= 11 is 0. The SMILES string of the molecule is COc1ccccc1C1=NOC(C(=O)Nc2c(C)nn(Cc3ccc(C)cc3)c2C)C1. The van der Waals surface area contributed by atoms with E-state index in [1.807, 2.05) is 42.8 Å². The number of rotatable bonds is 6. The minimum Gasteiger partial charge on any atom is -0.496 e. The van der Waals surface area contributed by atoms with Gasteiger partial charge in [-0.05, 0) is 38.5 Å². The minimum absolute atomic E-state index is 0.241. The highest BCUT2D eigenvalue weighted by molar-refractivity contribution is 6.07. The molecule has 1 aromatic heterocycles. The second kappa shape index (κ2) is 8.63. The molecule has 0 saturated carbocycles. The first-order valence-corrected chi connectivity index (χ1v) is 10.2. The standard InChI is InChI=1S/C24H26N4O3/c1-15-9-11-18(12-10-15)14-28-17(3)23(16(2)26-28)25-24(29)22-13-20(27-31-22)19-7-5-6-8-21(19)30-4/h5-12,22H,13-14H2,1-4H3,(H,25,29). The topological polar surface area (TPSA) is 77.7 Å². The van der Waals surface area contributed by atoms with Gasteiger partial charge in [0.05, 0.1) is 36.4 Å². The molecule has 1 amide bonds. The summed E-state index contributed by atoms with van der Waals surface area (Å²) in [6, 6.07) is 15.9. The number of para-hydroxylation sites is 1. The Balaban J connectivity index is 1.45. The highest BCUT2D eigenvalue weighted by Gasteiger charge is 2.31. The zero-order chi connectivity index (χ0) is 22.0. The lowest BCUT2D eigenvalue weighted by Crippen LogP contribution is -2.28. The van der Waals surface area contributed by atoms with Crippen molar-refractivity contribution in [1.29, 1.82) is 0 Å². The first-order chi connectivity index (χ1) is 15.0. The molecule has 1 unspecified atom stereocenters. The van der Waals surface area contributed by atoms with E-state index in [0.29, 0.717) is 30.1 Å². The van der Waals surface area contributed by atoms with Crippen molar-refractivity contribution in [2.45, 2.75) is 39.8 Å². The Morgan fingerprint density at radius 2 is 1.90 bits per heavy atom. The van der Waals surface area contributed by atoms with E-state index >= 15 is 0 Å². The van der Waals surface area contributed by atoms with E-state index in [1.165, 1.54) is 5.56 Å². The smallest absolute Gasteiger partial charge is 0.268 e. The Hall–Kier alpha value is -3.61. The van der Waals surface area contributed by atoms with Gasteiger partial charge in [0, 0.05) is 12.0 Å². The number of nitrogens with one attached hydrogen (secondary N) is 1. The number of anilines is 1. The summed E-state index contributed by atoms with van der Waals surface area (Å²) in [5.74, 6) is 0.463. The summed E-state index contributed by atoms with van der Waals surface area (Å²) in [5, 5.41) is 11.7. The monoisotopic (exact) mass is 418 g/mol. The molecular weight excluding hydrogens is 392 g/mol. The predicted molar refractivity (Wildman–Crippen MR) is 120 cm³/mol. The van der Waals surface area contributed by atoms with Gasteiger partial charge < -0.3 is 14.9 Å². The highest BCUT2D eigenvalue weighted by Crippen LogP contribution is 2.26. The third kappa shape index (κ3) is 4.30. The van der Waals surface area contributed by atoms with E-state index < -0.39 is 6.10 Å². The van der Waals surface area contributed by atoms with Gasteiger partial charge in [-0.3, -0.25) is 9.48 Å². The average Bonchev–Trinajstić information content (AvgIpc) is 3.36. The largest absolute Gasteiger partial charge is 0.496 e. The summed E-state index contributed by atoms with van der Waals surface area (Å²) in [4.78, 5) is 18.3. The van der Waals surface area contributed by atoms with Gasteiger partial charge >= 0.3 is 0 Å². The van der Waals surface area contributed by atoms with Crippen LogP contribution in [0.3, 0.4) is 0 Å². The van der Waals surface area contributed by atoms with Crippen molar-refractivity contribution < 1.29 is 14.4 Å². The number of carbonyl (C=O) groups is 1. The lowest BCUT2D eigenvalue weighted by molar-refractivity contribution is -0.125. The summed E-state index contributed by atoms with van der Waals surface area (Å²) in [6.07, 6.45) is -0.318. The van der Waals surface area contributed by atoms with Gasteiger partial charge in [0.15, 0.2) is 0 Å². The van der Waals surface area contributed by atoms with E-state index in [1.54, 1.807) is 7.11 Å². The molecule has 3 aromatic rings. The molecule has 0 saturated heterocycles. The Morgan fingerprint density at radius 1 is 1.16 bits per heavy atom. The molecule has 0 radical (unpaired) electrons. The van der Waals surface area contributed by atoms with Crippen molar-refractivity contribution in [2.24, 2.45) is 5.16 Å². The van der Waals surface area contributed by atoms with Crippen LogP contribution in [0.1, 0.15) is 34.5 Å². The molecule has 0 spiro atoms. The third-order valence-electron chi connectivity index (χ3n) is 5.46. The van der Waals surface area contributed by atoms with Gasteiger partial charge in [0.1, 0.15) is 5.75 Å². The van der Waals surface area contributed by atoms with E-state index in [-0.39, 0.29) is 5.91 Å². The fourth-order valence-electron chi connectivity index (χ4n) is 3.66. The van der Waals surface area contributed by atoms with Crippen molar-refractivity contribution >= 4 is 17.3 Å². The van der Waals surface area contributed by atoms with E-state index in [2.05, 4.69) is 46.8 Å². The Labute approximate surface area is 181 Å². The number of hydrogen-bond donors (Lipinski definition) is 1. The number of aromatic nitrogens is 2. The van der Waals surface area contributed by atoms with E-state index in [4.69, 9.17) is 9.57 Å². The van der Waals surface area contributed by atoms with Crippen LogP contribution in [-0.4, -0.2) is 34.6 Å². The van der Waals surface area contributed by atoms with Crippen LogP contribution in [-0.2, 0) is 16.2 Å². The van der Waals surface area contributed by atoms with Crippen molar-refractivity contribution in [3.8, 4) is 5.75 Å². The maximum atomic E-state index is 12.9. The van der Waals surface area contributed by atoms with Crippen LogP contribution in [0.5, 0.6) is 5.75 Å². The molecule has 1 N–H and O–H groups in total. The number of ether oxygens (including phenoxy) is 1. The number of aryl methyl sites for hydroxylation is 2. The van der Waals surface area contributed by atoms with Gasteiger partial charge in [-0.15, -0.1) is 0 Å².